The third kappa shape index (κ3) is 4.11. The van der Waals surface area contributed by atoms with E-state index in [0.717, 1.165) is 42.1 Å². The van der Waals surface area contributed by atoms with Crippen LogP contribution in [0.5, 0.6) is 0 Å². The average Bonchev–Trinajstić information content (AvgIpc) is 3.13. The molecule has 34 heavy (non-hydrogen) atoms. The number of fused-ring (bicyclic) bond motifs is 1. The highest BCUT2D eigenvalue weighted by Crippen LogP contribution is 2.58. The van der Waals surface area contributed by atoms with Crippen LogP contribution in [0, 0.1) is 11.3 Å². The van der Waals surface area contributed by atoms with Crippen LogP contribution in [0.25, 0.3) is 10.9 Å². The van der Waals surface area contributed by atoms with Crippen molar-refractivity contribution in [2.24, 2.45) is 11.3 Å². The molecule has 2 aliphatic carbocycles. The average molecular weight is 479 g/mol. The molecule has 2 aliphatic rings. The van der Waals surface area contributed by atoms with Crippen LogP contribution in [0.1, 0.15) is 67.9 Å². The van der Waals surface area contributed by atoms with Gasteiger partial charge >= 0.3 is 5.97 Å². The topological polar surface area (TPSA) is 71.3 Å². The lowest BCUT2D eigenvalue weighted by Gasteiger charge is -2.56. The zero-order valence-corrected chi connectivity index (χ0v) is 20.7. The van der Waals surface area contributed by atoms with Gasteiger partial charge in [0.05, 0.1) is 17.0 Å². The quantitative estimate of drug-likeness (QED) is 0.471. The first-order chi connectivity index (χ1) is 16.0. The molecule has 0 unspecified atom stereocenters. The Bertz CT molecular complexity index is 1260. The first kappa shape index (κ1) is 23.0. The van der Waals surface area contributed by atoms with E-state index in [9.17, 15) is 9.59 Å². The van der Waals surface area contributed by atoms with Crippen LogP contribution in [0.15, 0.2) is 48.7 Å². The highest BCUT2D eigenvalue weighted by Gasteiger charge is 2.55. The Morgan fingerprint density at radius 1 is 1.06 bits per heavy atom. The summed E-state index contributed by atoms with van der Waals surface area (Å²) < 4.78 is 2.09. The Balaban J connectivity index is 1.33. The number of carbonyl (C=O) groups excluding carboxylic acids is 1. The molecule has 5 rings (SSSR count). The lowest BCUT2D eigenvalue weighted by Crippen LogP contribution is -2.57. The van der Waals surface area contributed by atoms with Crippen molar-refractivity contribution in [2.45, 2.75) is 64.5 Å². The largest absolute Gasteiger partial charge is 0.481 e. The zero-order chi connectivity index (χ0) is 24.3. The maximum Gasteiger partial charge on any atom is 0.306 e. The van der Waals surface area contributed by atoms with Crippen molar-refractivity contribution < 1.29 is 14.7 Å². The van der Waals surface area contributed by atoms with Crippen LogP contribution >= 0.6 is 11.6 Å². The van der Waals surface area contributed by atoms with Gasteiger partial charge in [0.15, 0.2) is 0 Å². The molecule has 2 fully saturated rings. The summed E-state index contributed by atoms with van der Waals surface area (Å²) in [6, 6.07) is 14.3. The first-order valence-electron chi connectivity index (χ1n) is 12.0. The van der Waals surface area contributed by atoms with Gasteiger partial charge in [-0.3, -0.25) is 9.59 Å². The summed E-state index contributed by atoms with van der Waals surface area (Å²) >= 11 is 6.48. The van der Waals surface area contributed by atoms with Crippen LogP contribution in [-0.4, -0.2) is 27.6 Å². The van der Waals surface area contributed by atoms with Crippen molar-refractivity contribution in [1.82, 2.24) is 9.88 Å². The van der Waals surface area contributed by atoms with E-state index >= 15 is 0 Å². The first-order valence-corrected chi connectivity index (χ1v) is 12.3. The minimum atomic E-state index is -0.699. The minimum Gasteiger partial charge on any atom is -0.481 e. The van der Waals surface area contributed by atoms with Crippen molar-refractivity contribution in [3.05, 3.63) is 70.4 Å². The highest BCUT2D eigenvalue weighted by atomic mass is 35.5. The van der Waals surface area contributed by atoms with Gasteiger partial charge in [-0.2, -0.15) is 0 Å². The van der Waals surface area contributed by atoms with Gasteiger partial charge < -0.3 is 15.0 Å². The predicted molar refractivity (Wildman–Crippen MR) is 134 cm³/mol. The number of rotatable bonds is 5. The van der Waals surface area contributed by atoms with Crippen molar-refractivity contribution in [3.8, 4) is 0 Å². The van der Waals surface area contributed by atoms with E-state index in [-0.39, 0.29) is 28.7 Å². The van der Waals surface area contributed by atoms with Gasteiger partial charge in [0.1, 0.15) is 0 Å². The number of aromatic nitrogens is 1. The molecule has 0 atom stereocenters. The molecule has 3 aromatic rings. The SMILES string of the molecule is CC(C)(C)c1ccc(Cn2ccc3c(Cl)ccc(C(=O)NC4CC5(C4)CC(C(=O)O)C5)c32)cc1. The molecule has 6 heteroatoms. The van der Waals surface area contributed by atoms with E-state index in [0.29, 0.717) is 17.1 Å². The molecule has 1 amide bonds. The summed E-state index contributed by atoms with van der Waals surface area (Å²) in [5.41, 5.74) is 4.13. The Labute approximate surface area is 205 Å². The summed E-state index contributed by atoms with van der Waals surface area (Å²) in [6.07, 6.45) is 5.18. The fraction of sp³-hybridized carbons (Fsp3) is 0.429. The van der Waals surface area contributed by atoms with Crippen LogP contribution in [0.3, 0.4) is 0 Å². The van der Waals surface area contributed by atoms with Gasteiger partial charge in [0.25, 0.3) is 5.91 Å². The van der Waals surface area contributed by atoms with Gasteiger partial charge in [-0.25, -0.2) is 0 Å². The third-order valence-corrected chi connectivity index (χ3v) is 8.02. The highest BCUT2D eigenvalue weighted by molar-refractivity contribution is 6.36. The summed E-state index contributed by atoms with van der Waals surface area (Å²) in [4.78, 5) is 24.4. The molecule has 1 heterocycles. The Kier molecular flexibility index (Phi) is 5.51. The number of carboxylic acids is 1. The van der Waals surface area contributed by atoms with E-state index in [4.69, 9.17) is 16.7 Å². The molecule has 2 N–H and O–H groups in total. The number of carboxylic acid groups (broad SMARTS) is 1. The molecule has 5 nitrogen and oxygen atoms in total. The zero-order valence-electron chi connectivity index (χ0n) is 19.9. The van der Waals surface area contributed by atoms with E-state index in [1.54, 1.807) is 12.1 Å². The fourth-order valence-electron chi connectivity index (χ4n) is 5.76. The second-order valence-electron chi connectivity index (χ2n) is 11.3. The van der Waals surface area contributed by atoms with E-state index < -0.39 is 5.97 Å². The molecule has 2 saturated carbocycles. The van der Waals surface area contributed by atoms with E-state index in [1.165, 1.54) is 5.56 Å². The Hall–Kier alpha value is -2.79. The number of aliphatic carboxylic acids is 1. The van der Waals surface area contributed by atoms with Gasteiger partial charge in [0.2, 0.25) is 0 Å². The molecule has 178 valence electrons. The van der Waals surface area contributed by atoms with Gasteiger partial charge in [0, 0.05) is 29.2 Å². The number of hydrogen-bond acceptors (Lipinski definition) is 2. The summed E-state index contributed by atoms with van der Waals surface area (Å²) in [5, 5.41) is 13.8. The lowest BCUT2D eigenvalue weighted by atomic mass is 9.50. The normalized spacial score (nSPS) is 24.0. The number of amides is 1. The summed E-state index contributed by atoms with van der Waals surface area (Å²) in [6.45, 7) is 7.26. The molecule has 0 radical (unpaired) electrons. The van der Waals surface area contributed by atoms with Crippen LogP contribution < -0.4 is 5.32 Å². The van der Waals surface area contributed by atoms with E-state index in [1.807, 2.05) is 12.3 Å². The van der Waals surface area contributed by atoms with Crippen molar-refractivity contribution in [3.63, 3.8) is 0 Å². The standard InChI is InChI=1S/C28H31ClN2O3/c1-27(2,3)19-6-4-17(5-7-19)16-31-11-10-21-23(29)9-8-22(24(21)31)25(32)30-20-14-28(15-20)12-18(13-28)26(33)34/h4-11,18,20H,12-16H2,1-3H3,(H,30,32)(H,33,34). The smallest absolute Gasteiger partial charge is 0.306 e. The maximum atomic E-state index is 13.3. The maximum absolute atomic E-state index is 13.3. The predicted octanol–water partition coefficient (Wildman–Crippen LogP) is 6.01. The Morgan fingerprint density at radius 2 is 1.74 bits per heavy atom. The molecule has 1 aromatic heterocycles. The number of hydrogen-bond donors (Lipinski definition) is 2. The number of nitrogens with zero attached hydrogens (tertiary/aromatic N) is 1. The molecule has 0 saturated heterocycles. The van der Waals surface area contributed by atoms with Crippen LogP contribution in [-0.2, 0) is 16.8 Å². The lowest BCUT2D eigenvalue weighted by molar-refractivity contribution is -0.155. The molecule has 0 bridgehead atoms. The third-order valence-electron chi connectivity index (χ3n) is 7.69. The number of halogens is 1. The number of benzene rings is 2. The van der Waals surface area contributed by atoms with Crippen LogP contribution in [0.4, 0.5) is 0 Å². The van der Waals surface area contributed by atoms with E-state index in [2.05, 4.69) is 54.9 Å². The van der Waals surface area contributed by atoms with Gasteiger partial charge in [-0.05, 0) is 65.8 Å². The molecular weight excluding hydrogens is 448 g/mol. The molecule has 2 aromatic carbocycles. The number of nitrogens with one attached hydrogen (secondary N) is 1. The van der Waals surface area contributed by atoms with Crippen molar-refractivity contribution in [1.29, 1.82) is 0 Å². The van der Waals surface area contributed by atoms with Crippen molar-refractivity contribution in [2.75, 3.05) is 0 Å². The summed E-state index contributed by atoms with van der Waals surface area (Å²) in [5.74, 6) is -1.01. The summed E-state index contributed by atoms with van der Waals surface area (Å²) in [7, 11) is 0. The van der Waals surface area contributed by atoms with Gasteiger partial charge in [-0.15, -0.1) is 0 Å². The van der Waals surface area contributed by atoms with Crippen molar-refractivity contribution >= 4 is 34.4 Å². The minimum absolute atomic E-state index is 0.0985. The second-order valence-corrected chi connectivity index (χ2v) is 11.7. The monoisotopic (exact) mass is 478 g/mol. The molecular formula is C28H31ClN2O3. The fourth-order valence-corrected chi connectivity index (χ4v) is 5.97. The second kappa shape index (κ2) is 8.16. The molecule has 1 spiro atoms. The molecule has 0 aliphatic heterocycles. The van der Waals surface area contributed by atoms with Crippen LogP contribution in [0.2, 0.25) is 5.02 Å². The number of carbonyl (C=O) groups is 2. The Morgan fingerprint density at radius 3 is 2.35 bits per heavy atom. The van der Waals surface area contributed by atoms with Gasteiger partial charge in [-0.1, -0.05) is 56.6 Å².